The van der Waals surface area contributed by atoms with Crippen LogP contribution in [0.25, 0.3) is 10.6 Å². The highest BCUT2D eigenvalue weighted by molar-refractivity contribution is 7.13. The zero-order valence-electron chi connectivity index (χ0n) is 14.8. The highest BCUT2D eigenvalue weighted by Gasteiger charge is 2.22. The van der Waals surface area contributed by atoms with Gasteiger partial charge in [-0.05, 0) is 41.8 Å². The van der Waals surface area contributed by atoms with Crippen LogP contribution in [0, 0.1) is 0 Å². The molecule has 0 unspecified atom stereocenters. The lowest BCUT2D eigenvalue weighted by Gasteiger charge is -2.35. The van der Waals surface area contributed by atoms with Crippen LogP contribution in [0.5, 0.6) is 0 Å². The van der Waals surface area contributed by atoms with Crippen LogP contribution in [0.3, 0.4) is 0 Å². The molecule has 0 spiro atoms. The quantitative estimate of drug-likeness (QED) is 0.639. The smallest absolute Gasteiger partial charge is 0.321 e. The van der Waals surface area contributed by atoms with Crippen LogP contribution in [0.4, 0.5) is 16.3 Å². The topological polar surface area (TPSA) is 61.4 Å². The summed E-state index contributed by atoms with van der Waals surface area (Å²) >= 11 is 13.6. The summed E-state index contributed by atoms with van der Waals surface area (Å²) in [7, 11) is 0. The first-order chi connectivity index (χ1) is 13.6. The summed E-state index contributed by atoms with van der Waals surface area (Å²) in [5.74, 6) is 0.821. The number of benzene rings is 1. The number of nitrogens with zero attached hydrogens (tertiary/aromatic N) is 4. The third kappa shape index (κ3) is 4.38. The number of anilines is 2. The molecule has 144 valence electrons. The maximum absolute atomic E-state index is 12.5. The Hall–Kier alpha value is -2.35. The molecule has 1 saturated heterocycles. The van der Waals surface area contributed by atoms with Crippen LogP contribution in [0.1, 0.15) is 0 Å². The van der Waals surface area contributed by atoms with Crippen LogP contribution in [-0.2, 0) is 0 Å². The fraction of sp³-hybridized carbons (Fsp3) is 0.211. The predicted octanol–water partition coefficient (Wildman–Crippen LogP) is 4.87. The Kier molecular flexibility index (Phi) is 5.66. The molecule has 0 atom stereocenters. The molecule has 28 heavy (non-hydrogen) atoms. The molecule has 1 aliphatic heterocycles. The summed E-state index contributed by atoms with van der Waals surface area (Å²) in [6, 6.07) is 12.8. The number of carbonyl (C=O) groups is 1. The third-order valence-electron chi connectivity index (χ3n) is 4.43. The minimum absolute atomic E-state index is 0.169. The van der Waals surface area contributed by atoms with Gasteiger partial charge in [-0.2, -0.15) is 0 Å². The Labute approximate surface area is 176 Å². The summed E-state index contributed by atoms with van der Waals surface area (Å²) < 4.78 is 0. The SMILES string of the molecule is O=C(Nc1cc(Cl)cc(Cl)c1)N1CCN(c2ccc(-c3cccs3)nn2)CC1. The van der Waals surface area contributed by atoms with Crippen LogP contribution in [0.2, 0.25) is 10.0 Å². The normalized spacial score (nSPS) is 14.2. The molecule has 0 radical (unpaired) electrons. The fourth-order valence-corrected chi connectivity index (χ4v) is 4.23. The number of hydrogen-bond donors (Lipinski definition) is 1. The zero-order valence-corrected chi connectivity index (χ0v) is 17.1. The van der Waals surface area contributed by atoms with E-state index in [-0.39, 0.29) is 6.03 Å². The molecular weight excluding hydrogens is 417 g/mol. The van der Waals surface area contributed by atoms with Crippen molar-refractivity contribution in [1.82, 2.24) is 15.1 Å². The molecule has 1 aliphatic rings. The summed E-state index contributed by atoms with van der Waals surface area (Å²) in [6.07, 6.45) is 0. The molecule has 6 nitrogen and oxygen atoms in total. The number of rotatable bonds is 3. The van der Waals surface area contributed by atoms with Crippen molar-refractivity contribution in [3.8, 4) is 10.6 Å². The average Bonchev–Trinajstić information content (AvgIpc) is 3.22. The van der Waals surface area contributed by atoms with Gasteiger partial charge in [0.15, 0.2) is 5.82 Å². The maximum atomic E-state index is 12.5. The van der Waals surface area contributed by atoms with Gasteiger partial charge < -0.3 is 15.1 Å². The van der Waals surface area contributed by atoms with E-state index in [0.29, 0.717) is 41.9 Å². The Bertz CT molecular complexity index is 937. The number of carbonyl (C=O) groups excluding carboxylic acids is 1. The van der Waals surface area contributed by atoms with Crippen LogP contribution in [0.15, 0.2) is 47.8 Å². The molecule has 2 amide bonds. The van der Waals surface area contributed by atoms with E-state index in [0.717, 1.165) is 16.4 Å². The monoisotopic (exact) mass is 433 g/mol. The first-order valence-corrected chi connectivity index (χ1v) is 10.4. The van der Waals surface area contributed by atoms with Crippen molar-refractivity contribution in [1.29, 1.82) is 0 Å². The Morgan fingerprint density at radius 3 is 2.36 bits per heavy atom. The highest BCUT2D eigenvalue weighted by Crippen LogP contribution is 2.24. The summed E-state index contributed by atoms with van der Waals surface area (Å²) in [4.78, 5) is 17.5. The van der Waals surface area contributed by atoms with Gasteiger partial charge in [-0.25, -0.2) is 4.79 Å². The van der Waals surface area contributed by atoms with Gasteiger partial charge in [-0.3, -0.25) is 0 Å². The summed E-state index contributed by atoms with van der Waals surface area (Å²) in [5, 5.41) is 14.5. The van der Waals surface area contributed by atoms with Crippen LogP contribution in [-0.4, -0.2) is 47.3 Å². The Morgan fingerprint density at radius 2 is 1.75 bits per heavy atom. The van der Waals surface area contributed by atoms with E-state index >= 15 is 0 Å². The lowest BCUT2D eigenvalue weighted by atomic mass is 10.3. The number of urea groups is 1. The van der Waals surface area contributed by atoms with Gasteiger partial charge in [0.1, 0.15) is 5.69 Å². The molecule has 3 heterocycles. The Morgan fingerprint density at radius 1 is 1.00 bits per heavy atom. The van der Waals surface area contributed by atoms with E-state index in [9.17, 15) is 4.79 Å². The lowest BCUT2D eigenvalue weighted by Crippen LogP contribution is -2.50. The average molecular weight is 434 g/mol. The second-order valence-electron chi connectivity index (χ2n) is 6.32. The number of nitrogens with one attached hydrogen (secondary N) is 1. The van der Waals surface area contributed by atoms with Gasteiger partial charge in [0.05, 0.1) is 4.88 Å². The van der Waals surface area contributed by atoms with E-state index < -0.39 is 0 Å². The van der Waals surface area contributed by atoms with Crippen molar-refractivity contribution in [2.75, 3.05) is 36.4 Å². The van der Waals surface area contributed by atoms with Gasteiger partial charge in [0.2, 0.25) is 0 Å². The van der Waals surface area contributed by atoms with Crippen molar-refractivity contribution < 1.29 is 4.79 Å². The van der Waals surface area contributed by atoms with Gasteiger partial charge >= 0.3 is 6.03 Å². The third-order valence-corrected chi connectivity index (χ3v) is 5.76. The van der Waals surface area contributed by atoms with E-state index in [4.69, 9.17) is 23.2 Å². The molecule has 3 aromatic rings. The molecule has 0 aliphatic carbocycles. The van der Waals surface area contributed by atoms with Gasteiger partial charge in [0, 0.05) is 41.9 Å². The number of amides is 2. The first kappa shape index (κ1) is 19.0. The molecule has 0 saturated carbocycles. The molecule has 1 fully saturated rings. The van der Waals surface area contributed by atoms with Crippen molar-refractivity contribution in [2.24, 2.45) is 0 Å². The molecule has 9 heteroatoms. The minimum atomic E-state index is -0.169. The Balaban J connectivity index is 1.34. The van der Waals surface area contributed by atoms with E-state index in [2.05, 4.69) is 20.4 Å². The number of piperazine rings is 1. The van der Waals surface area contributed by atoms with E-state index in [1.54, 1.807) is 34.4 Å². The summed E-state index contributed by atoms with van der Waals surface area (Å²) in [6.45, 7) is 2.57. The lowest BCUT2D eigenvalue weighted by molar-refractivity contribution is 0.208. The van der Waals surface area contributed by atoms with Crippen molar-refractivity contribution >= 4 is 52.1 Å². The molecule has 0 bridgehead atoms. The molecule has 2 aromatic heterocycles. The number of hydrogen-bond acceptors (Lipinski definition) is 5. The molecule has 4 rings (SSSR count). The largest absolute Gasteiger partial charge is 0.352 e. The van der Waals surface area contributed by atoms with E-state index in [1.807, 2.05) is 29.6 Å². The number of aromatic nitrogens is 2. The number of thiophene rings is 1. The fourth-order valence-electron chi connectivity index (χ4n) is 3.02. The summed E-state index contributed by atoms with van der Waals surface area (Å²) in [5.41, 5.74) is 1.46. The first-order valence-electron chi connectivity index (χ1n) is 8.73. The van der Waals surface area contributed by atoms with E-state index in [1.165, 1.54) is 0 Å². The van der Waals surface area contributed by atoms with Crippen LogP contribution < -0.4 is 10.2 Å². The predicted molar refractivity (Wildman–Crippen MR) is 115 cm³/mol. The zero-order chi connectivity index (χ0) is 19.5. The minimum Gasteiger partial charge on any atom is -0.352 e. The van der Waals surface area contributed by atoms with Crippen LogP contribution >= 0.6 is 34.5 Å². The van der Waals surface area contributed by atoms with Gasteiger partial charge in [0.25, 0.3) is 0 Å². The van der Waals surface area contributed by atoms with Gasteiger partial charge in [-0.15, -0.1) is 21.5 Å². The second-order valence-corrected chi connectivity index (χ2v) is 8.14. The molecular formula is C19H17Cl2N5OS. The van der Waals surface area contributed by atoms with Crippen molar-refractivity contribution in [3.05, 3.63) is 57.9 Å². The van der Waals surface area contributed by atoms with Crippen molar-refractivity contribution in [3.63, 3.8) is 0 Å². The highest BCUT2D eigenvalue weighted by atomic mass is 35.5. The van der Waals surface area contributed by atoms with Gasteiger partial charge in [-0.1, -0.05) is 29.3 Å². The number of halogens is 2. The maximum Gasteiger partial charge on any atom is 0.321 e. The standard InChI is InChI=1S/C19H17Cl2N5OS/c20-13-10-14(21)12-15(11-13)22-19(27)26-7-5-25(6-8-26)18-4-3-16(23-24-18)17-2-1-9-28-17/h1-4,9-12H,5-8H2,(H,22,27). The second kappa shape index (κ2) is 8.34. The van der Waals surface area contributed by atoms with Crippen molar-refractivity contribution in [2.45, 2.75) is 0 Å². The molecule has 1 aromatic carbocycles. The molecule has 1 N–H and O–H groups in total.